The summed E-state index contributed by atoms with van der Waals surface area (Å²) in [6.45, 7) is 0. The van der Waals surface area contributed by atoms with Crippen molar-refractivity contribution in [1.82, 2.24) is 14.8 Å². The molecule has 4 bridgehead atoms. The molecule has 6 rings (SSSR count). The molecule has 4 saturated carbocycles. The van der Waals surface area contributed by atoms with Gasteiger partial charge < -0.3 is 5.32 Å². The molecule has 4 aliphatic carbocycles. The lowest BCUT2D eigenvalue weighted by molar-refractivity contribution is -0.140. The molecule has 6 heteroatoms. The molecule has 0 atom stereocenters. The highest BCUT2D eigenvalue weighted by Gasteiger charge is 2.54. The van der Waals surface area contributed by atoms with Crippen molar-refractivity contribution in [3.05, 3.63) is 35.9 Å². The molecule has 4 aliphatic rings. The number of nitrogens with one attached hydrogen (secondary N) is 1. The maximum atomic E-state index is 13.3. The van der Waals surface area contributed by atoms with Gasteiger partial charge in [-0.25, -0.2) is 9.67 Å². The smallest absolute Gasteiger partial charge is 0.230 e. The normalized spacial score (nSPS) is 32.8. The van der Waals surface area contributed by atoms with E-state index in [9.17, 15) is 4.79 Å². The summed E-state index contributed by atoms with van der Waals surface area (Å²) < 4.78 is 1.66. The molecule has 5 nitrogen and oxygen atoms in total. The monoisotopic (exact) mass is 356 g/mol. The topological polar surface area (TPSA) is 59.8 Å². The fourth-order valence-electron chi connectivity index (χ4n) is 5.78. The molecule has 2 aromatic rings. The number of nitrogens with zero attached hydrogens (tertiary/aromatic N) is 3. The zero-order valence-electron chi connectivity index (χ0n) is 14.0. The minimum Gasteiger partial charge on any atom is -0.324 e. The molecule has 1 amide bonds. The molecule has 1 aromatic carbocycles. The Kier molecular flexibility index (Phi) is 3.42. The standard InChI is InChI=1S/C19H21ClN4O/c20-15-1-2-17(24-11-21-10-22-24)16(6-15)23-18(25)19-7-12-3-13(8-19)5-14(4-12)9-19/h1-2,6,10-14H,3-5,7-9H2,(H,23,25). The number of anilines is 1. The van der Waals surface area contributed by atoms with Crippen LogP contribution in [0.3, 0.4) is 0 Å². The van der Waals surface area contributed by atoms with Gasteiger partial charge in [0.2, 0.25) is 5.91 Å². The number of carbonyl (C=O) groups excluding carboxylic acids is 1. The Balaban J connectivity index is 1.46. The summed E-state index contributed by atoms with van der Waals surface area (Å²) in [5, 5.41) is 7.97. The van der Waals surface area contributed by atoms with Crippen LogP contribution in [0.25, 0.3) is 5.69 Å². The predicted octanol–water partition coefficient (Wildman–Crippen LogP) is 4.08. The molecule has 0 aliphatic heterocycles. The van der Waals surface area contributed by atoms with Crippen LogP contribution in [0, 0.1) is 23.2 Å². The van der Waals surface area contributed by atoms with Crippen molar-refractivity contribution in [3.63, 3.8) is 0 Å². The summed E-state index contributed by atoms with van der Waals surface area (Å²) >= 11 is 6.18. The van der Waals surface area contributed by atoms with E-state index in [-0.39, 0.29) is 11.3 Å². The van der Waals surface area contributed by atoms with Crippen molar-refractivity contribution in [2.24, 2.45) is 23.2 Å². The lowest BCUT2D eigenvalue weighted by atomic mass is 9.49. The average Bonchev–Trinajstić information content (AvgIpc) is 3.08. The SMILES string of the molecule is O=C(Nc1cc(Cl)ccc1-n1cncn1)C12CC3CC(CC(C3)C1)C2. The molecule has 0 unspecified atom stereocenters. The third kappa shape index (κ3) is 2.56. The second-order valence-corrected chi connectivity index (χ2v) is 8.59. The van der Waals surface area contributed by atoms with Gasteiger partial charge in [0.1, 0.15) is 12.7 Å². The van der Waals surface area contributed by atoms with Crippen LogP contribution in [-0.2, 0) is 4.79 Å². The fourth-order valence-corrected chi connectivity index (χ4v) is 5.96. The lowest BCUT2D eigenvalue weighted by Crippen LogP contribution is -2.51. The Hall–Kier alpha value is -1.88. The molecule has 1 aromatic heterocycles. The molecule has 25 heavy (non-hydrogen) atoms. The number of halogens is 1. The van der Waals surface area contributed by atoms with E-state index in [1.807, 2.05) is 6.07 Å². The second-order valence-electron chi connectivity index (χ2n) is 8.15. The van der Waals surface area contributed by atoms with Crippen molar-refractivity contribution in [1.29, 1.82) is 0 Å². The Morgan fingerprint density at radius 2 is 1.84 bits per heavy atom. The van der Waals surface area contributed by atoms with Crippen LogP contribution in [0.5, 0.6) is 0 Å². The summed E-state index contributed by atoms with van der Waals surface area (Å²) in [5.41, 5.74) is 1.31. The third-order valence-corrected chi connectivity index (χ3v) is 6.63. The van der Waals surface area contributed by atoms with Crippen LogP contribution in [0.1, 0.15) is 38.5 Å². The van der Waals surface area contributed by atoms with Gasteiger partial charge in [-0.1, -0.05) is 11.6 Å². The fraction of sp³-hybridized carbons (Fsp3) is 0.526. The first kappa shape index (κ1) is 15.4. The van der Waals surface area contributed by atoms with E-state index < -0.39 is 0 Å². The molecule has 130 valence electrons. The van der Waals surface area contributed by atoms with Gasteiger partial charge in [-0.2, -0.15) is 5.10 Å². The highest BCUT2D eigenvalue weighted by Crippen LogP contribution is 2.60. The summed E-state index contributed by atoms with van der Waals surface area (Å²) in [4.78, 5) is 17.3. The zero-order valence-corrected chi connectivity index (χ0v) is 14.7. The molecular formula is C19H21ClN4O. The van der Waals surface area contributed by atoms with Crippen LogP contribution < -0.4 is 5.32 Å². The van der Waals surface area contributed by atoms with Crippen LogP contribution in [-0.4, -0.2) is 20.7 Å². The zero-order chi connectivity index (χ0) is 17.0. The van der Waals surface area contributed by atoms with Crippen molar-refractivity contribution in [3.8, 4) is 5.69 Å². The van der Waals surface area contributed by atoms with E-state index in [2.05, 4.69) is 15.4 Å². The number of carbonyl (C=O) groups is 1. The summed E-state index contributed by atoms with van der Waals surface area (Å²) in [6.07, 6.45) is 10.2. The van der Waals surface area contributed by atoms with Gasteiger partial charge in [-0.3, -0.25) is 4.79 Å². The largest absolute Gasteiger partial charge is 0.324 e. The molecule has 1 N–H and O–H groups in total. The third-order valence-electron chi connectivity index (χ3n) is 6.39. The molecule has 0 saturated heterocycles. The first-order valence-corrected chi connectivity index (χ1v) is 9.45. The van der Waals surface area contributed by atoms with Crippen molar-refractivity contribution in [2.75, 3.05) is 5.32 Å². The van der Waals surface area contributed by atoms with E-state index >= 15 is 0 Å². The van der Waals surface area contributed by atoms with E-state index in [1.165, 1.54) is 25.6 Å². The number of hydrogen-bond acceptors (Lipinski definition) is 3. The molecule has 0 radical (unpaired) electrons. The first-order valence-electron chi connectivity index (χ1n) is 9.07. The van der Waals surface area contributed by atoms with Gasteiger partial charge >= 0.3 is 0 Å². The number of rotatable bonds is 3. The minimum absolute atomic E-state index is 0.162. The van der Waals surface area contributed by atoms with Crippen molar-refractivity contribution in [2.45, 2.75) is 38.5 Å². The number of aromatic nitrogens is 3. The van der Waals surface area contributed by atoms with E-state index in [0.717, 1.165) is 42.7 Å². The van der Waals surface area contributed by atoms with Gasteiger partial charge in [0, 0.05) is 5.02 Å². The summed E-state index contributed by atoms with van der Waals surface area (Å²) in [5.74, 6) is 2.39. The predicted molar refractivity (Wildman–Crippen MR) is 95.6 cm³/mol. The van der Waals surface area contributed by atoms with Gasteiger partial charge in [0.15, 0.2) is 0 Å². The van der Waals surface area contributed by atoms with Crippen LogP contribution >= 0.6 is 11.6 Å². The van der Waals surface area contributed by atoms with E-state index in [4.69, 9.17) is 11.6 Å². The quantitative estimate of drug-likeness (QED) is 0.901. The highest BCUT2D eigenvalue weighted by atomic mass is 35.5. The maximum Gasteiger partial charge on any atom is 0.230 e. The van der Waals surface area contributed by atoms with Crippen LogP contribution in [0.2, 0.25) is 5.02 Å². The highest BCUT2D eigenvalue weighted by molar-refractivity contribution is 6.31. The first-order chi connectivity index (χ1) is 12.1. The number of benzene rings is 1. The lowest BCUT2D eigenvalue weighted by Gasteiger charge is -2.55. The number of amides is 1. The van der Waals surface area contributed by atoms with Gasteiger partial charge in [0.25, 0.3) is 0 Å². The molecular weight excluding hydrogens is 336 g/mol. The van der Waals surface area contributed by atoms with Gasteiger partial charge in [-0.15, -0.1) is 0 Å². The van der Waals surface area contributed by atoms with Crippen LogP contribution in [0.4, 0.5) is 5.69 Å². The Bertz CT molecular complexity index is 782. The van der Waals surface area contributed by atoms with E-state index in [0.29, 0.717) is 10.7 Å². The maximum absolute atomic E-state index is 13.3. The van der Waals surface area contributed by atoms with Crippen LogP contribution in [0.15, 0.2) is 30.9 Å². The molecule has 0 spiro atoms. The average molecular weight is 357 g/mol. The Morgan fingerprint density at radius 3 is 2.44 bits per heavy atom. The second kappa shape index (κ2) is 5.56. The molecule has 4 fully saturated rings. The Labute approximate surface area is 151 Å². The summed E-state index contributed by atoms with van der Waals surface area (Å²) in [7, 11) is 0. The summed E-state index contributed by atoms with van der Waals surface area (Å²) in [6, 6.07) is 5.47. The number of hydrogen-bond donors (Lipinski definition) is 1. The Morgan fingerprint density at radius 1 is 1.16 bits per heavy atom. The molecule has 1 heterocycles. The van der Waals surface area contributed by atoms with Gasteiger partial charge in [-0.05, 0) is 74.5 Å². The van der Waals surface area contributed by atoms with Crippen molar-refractivity contribution < 1.29 is 4.79 Å². The minimum atomic E-state index is -0.184. The van der Waals surface area contributed by atoms with Gasteiger partial charge in [0.05, 0.1) is 16.8 Å². The van der Waals surface area contributed by atoms with Crippen molar-refractivity contribution >= 4 is 23.2 Å². The van der Waals surface area contributed by atoms with E-state index in [1.54, 1.807) is 23.1 Å².